The Morgan fingerprint density at radius 1 is 1.00 bits per heavy atom. The Labute approximate surface area is 139 Å². The van der Waals surface area contributed by atoms with E-state index in [0.29, 0.717) is 11.1 Å². The zero-order chi connectivity index (χ0) is 17.5. The van der Waals surface area contributed by atoms with Crippen molar-refractivity contribution in [3.63, 3.8) is 0 Å². The number of benzene rings is 2. The number of esters is 1. The van der Waals surface area contributed by atoms with Crippen LogP contribution in [-0.4, -0.2) is 25.0 Å². The van der Waals surface area contributed by atoms with Gasteiger partial charge >= 0.3 is 12.0 Å². The van der Waals surface area contributed by atoms with Crippen LogP contribution in [0.4, 0.5) is 4.79 Å². The van der Waals surface area contributed by atoms with Gasteiger partial charge in [-0.05, 0) is 19.1 Å². The first-order valence-corrected chi connectivity index (χ1v) is 7.36. The van der Waals surface area contributed by atoms with Gasteiger partial charge in [0.2, 0.25) is 6.10 Å². The van der Waals surface area contributed by atoms with Gasteiger partial charge in [-0.2, -0.15) is 0 Å². The van der Waals surface area contributed by atoms with E-state index in [9.17, 15) is 14.4 Å². The number of urea groups is 1. The number of rotatable bonds is 4. The van der Waals surface area contributed by atoms with Crippen LogP contribution in [0.25, 0.3) is 0 Å². The first kappa shape index (κ1) is 17.2. The molecule has 124 valence electrons. The van der Waals surface area contributed by atoms with Crippen LogP contribution in [0.1, 0.15) is 27.6 Å². The molecule has 0 spiro atoms. The Bertz CT molecular complexity index is 744. The molecule has 2 aromatic rings. The third-order valence-electron chi connectivity index (χ3n) is 3.28. The lowest BCUT2D eigenvalue weighted by Crippen LogP contribution is -2.41. The van der Waals surface area contributed by atoms with Crippen molar-refractivity contribution in [2.45, 2.75) is 13.0 Å². The summed E-state index contributed by atoms with van der Waals surface area (Å²) in [6.07, 6.45) is -1.23. The normalized spacial score (nSPS) is 11.2. The van der Waals surface area contributed by atoms with Crippen LogP contribution in [0.3, 0.4) is 0 Å². The predicted molar refractivity (Wildman–Crippen MR) is 88.4 cm³/mol. The van der Waals surface area contributed by atoms with Crippen molar-refractivity contribution in [3.8, 4) is 0 Å². The lowest BCUT2D eigenvalue weighted by Gasteiger charge is -2.17. The van der Waals surface area contributed by atoms with Crippen LogP contribution in [0.5, 0.6) is 0 Å². The van der Waals surface area contributed by atoms with E-state index in [1.54, 1.807) is 48.5 Å². The minimum atomic E-state index is -1.23. The van der Waals surface area contributed by atoms with Gasteiger partial charge in [-0.3, -0.25) is 10.1 Å². The number of hydrogen-bond acceptors (Lipinski definition) is 4. The number of aryl methyl sites for hydroxylation is 1. The van der Waals surface area contributed by atoms with Crippen molar-refractivity contribution >= 4 is 17.9 Å². The van der Waals surface area contributed by atoms with E-state index >= 15 is 0 Å². The molecule has 0 aliphatic carbocycles. The summed E-state index contributed by atoms with van der Waals surface area (Å²) in [4.78, 5) is 36.0. The smallest absolute Gasteiger partial charge is 0.339 e. The number of carbonyl (C=O) groups is 3. The summed E-state index contributed by atoms with van der Waals surface area (Å²) in [6, 6.07) is 14.7. The average molecular weight is 326 g/mol. The Kier molecular flexibility index (Phi) is 5.68. The quantitative estimate of drug-likeness (QED) is 0.845. The van der Waals surface area contributed by atoms with E-state index in [0.717, 1.165) is 5.56 Å². The summed E-state index contributed by atoms with van der Waals surface area (Å²) < 4.78 is 5.35. The fraction of sp³-hybridized carbons (Fsp3) is 0.167. The fourth-order valence-electron chi connectivity index (χ4n) is 2.09. The highest BCUT2D eigenvalue weighted by Crippen LogP contribution is 2.20. The van der Waals surface area contributed by atoms with Crippen molar-refractivity contribution in [3.05, 3.63) is 71.3 Å². The summed E-state index contributed by atoms with van der Waals surface area (Å²) in [7, 11) is 1.39. The van der Waals surface area contributed by atoms with Gasteiger partial charge < -0.3 is 10.1 Å². The lowest BCUT2D eigenvalue weighted by atomic mass is 10.1. The average Bonchev–Trinajstić information content (AvgIpc) is 2.59. The maximum Gasteiger partial charge on any atom is 0.339 e. The van der Waals surface area contributed by atoms with Gasteiger partial charge in [-0.15, -0.1) is 0 Å². The summed E-state index contributed by atoms with van der Waals surface area (Å²) in [6.45, 7) is 1.85. The molecule has 0 saturated heterocycles. The van der Waals surface area contributed by atoms with Gasteiger partial charge in [0.15, 0.2) is 0 Å². The summed E-state index contributed by atoms with van der Waals surface area (Å²) in [5.74, 6) is -1.36. The molecule has 0 aliphatic rings. The Balaban J connectivity index is 2.24. The van der Waals surface area contributed by atoms with Gasteiger partial charge in [0.25, 0.3) is 5.91 Å². The molecule has 0 unspecified atom stereocenters. The largest absolute Gasteiger partial charge is 0.444 e. The summed E-state index contributed by atoms with van der Waals surface area (Å²) in [5, 5.41) is 4.41. The SMILES string of the molecule is CNC(=O)NC(=O)[C@@H](OC(=O)c1cccc(C)c1)c1ccccc1. The highest BCUT2D eigenvalue weighted by atomic mass is 16.5. The first-order chi connectivity index (χ1) is 11.5. The van der Waals surface area contributed by atoms with E-state index in [1.807, 2.05) is 13.0 Å². The monoisotopic (exact) mass is 326 g/mol. The molecule has 1 atom stereocenters. The van der Waals surface area contributed by atoms with Crippen LogP contribution >= 0.6 is 0 Å². The molecule has 6 nitrogen and oxygen atoms in total. The van der Waals surface area contributed by atoms with Crippen LogP contribution in [-0.2, 0) is 9.53 Å². The Morgan fingerprint density at radius 2 is 1.71 bits per heavy atom. The van der Waals surface area contributed by atoms with Gasteiger partial charge in [0, 0.05) is 12.6 Å². The molecule has 2 aromatic carbocycles. The fourth-order valence-corrected chi connectivity index (χ4v) is 2.09. The zero-order valence-electron chi connectivity index (χ0n) is 13.4. The molecule has 2 rings (SSSR count). The van der Waals surface area contributed by atoms with Crippen LogP contribution in [0.2, 0.25) is 0 Å². The molecular weight excluding hydrogens is 308 g/mol. The van der Waals surface area contributed by atoms with Crippen molar-refractivity contribution in [2.24, 2.45) is 0 Å². The number of ether oxygens (including phenoxy) is 1. The second kappa shape index (κ2) is 7.92. The highest BCUT2D eigenvalue weighted by molar-refractivity contribution is 5.99. The number of carbonyl (C=O) groups excluding carboxylic acids is 3. The predicted octanol–water partition coefficient (Wildman–Crippen LogP) is 2.35. The number of amides is 3. The standard InChI is InChI=1S/C18H18N2O4/c1-12-7-6-10-14(11-12)17(22)24-15(13-8-4-3-5-9-13)16(21)20-18(23)19-2/h3-11,15H,1-2H3,(H2,19,20,21,23)/t15-/m0/s1. The molecule has 0 aromatic heterocycles. The molecule has 0 radical (unpaired) electrons. The molecule has 0 saturated carbocycles. The van der Waals surface area contributed by atoms with Gasteiger partial charge in [0.05, 0.1) is 5.56 Å². The van der Waals surface area contributed by atoms with E-state index in [4.69, 9.17) is 4.74 Å². The second-order valence-corrected chi connectivity index (χ2v) is 5.13. The van der Waals surface area contributed by atoms with E-state index in [2.05, 4.69) is 10.6 Å². The number of imide groups is 1. The molecule has 2 N–H and O–H groups in total. The first-order valence-electron chi connectivity index (χ1n) is 7.36. The van der Waals surface area contributed by atoms with Crippen molar-refractivity contribution < 1.29 is 19.1 Å². The molecule has 0 aliphatic heterocycles. The maximum absolute atomic E-state index is 12.3. The minimum absolute atomic E-state index is 0.337. The van der Waals surface area contributed by atoms with Crippen molar-refractivity contribution in [1.82, 2.24) is 10.6 Å². The molecular formula is C18H18N2O4. The summed E-state index contributed by atoms with van der Waals surface area (Å²) in [5.41, 5.74) is 1.71. The zero-order valence-corrected chi connectivity index (χ0v) is 13.4. The topological polar surface area (TPSA) is 84.5 Å². The number of nitrogens with one attached hydrogen (secondary N) is 2. The third kappa shape index (κ3) is 4.42. The molecule has 3 amide bonds. The summed E-state index contributed by atoms with van der Waals surface area (Å²) >= 11 is 0. The number of hydrogen-bond donors (Lipinski definition) is 2. The molecule has 0 bridgehead atoms. The Hall–Kier alpha value is -3.15. The molecule has 0 heterocycles. The van der Waals surface area contributed by atoms with Gasteiger partial charge in [-0.25, -0.2) is 9.59 Å². The second-order valence-electron chi connectivity index (χ2n) is 5.13. The lowest BCUT2D eigenvalue weighted by molar-refractivity contribution is -0.129. The van der Waals surface area contributed by atoms with Gasteiger partial charge in [0.1, 0.15) is 0 Å². The molecule has 6 heteroatoms. The maximum atomic E-state index is 12.3. The van der Waals surface area contributed by atoms with Crippen LogP contribution in [0.15, 0.2) is 54.6 Å². The highest BCUT2D eigenvalue weighted by Gasteiger charge is 2.26. The van der Waals surface area contributed by atoms with E-state index in [1.165, 1.54) is 7.05 Å². The Morgan fingerprint density at radius 3 is 2.33 bits per heavy atom. The van der Waals surface area contributed by atoms with Crippen molar-refractivity contribution in [2.75, 3.05) is 7.05 Å². The third-order valence-corrected chi connectivity index (χ3v) is 3.28. The van der Waals surface area contributed by atoms with Crippen LogP contribution in [0, 0.1) is 6.92 Å². The van der Waals surface area contributed by atoms with Crippen molar-refractivity contribution in [1.29, 1.82) is 0 Å². The van der Waals surface area contributed by atoms with Gasteiger partial charge in [-0.1, -0.05) is 48.0 Å². The van der Waals surface area contributed by atoms with Crippen LogP contribution < -0.4 is 10.6 Å². The van der Waals surface area contributed by atoms with E-state index in [-0.39, 0.29) is 0 Å². The van der Waals surface area contributed by atoms with E-state index < -0.39 is 24.0 Å². The molecule has 24 heavy (non-hydrogen) atoms. The minimum Gasteiger partial charge on any atom is -0.444 e. The molecule has 0 fully saturated rings.